The molecule has 1 aromatic heterocycles. The third kappa shape index (κ3) is 7.46. The lowest BCUT2D eigenvalue weighted by Gasteiger charge is -2.35. The van der Waals surface area contributed by atoms with Crippen LogP contribution in [0.4, 0.5) is 4.39 Å². The van der Waals surface area contributed by atoms with Crippen LogP contribution in [0.5, 0.6) is 11.5 Å². The van der Waals surface area contributed by atoms with Gasteiger partial charge in [-0.05, 0) is 73.4 Å². The lowest BCUT2D eigenvalue weighted by atomic mass is 9.88. The van der Waals surface area contributed by atoms with E-state index in [9.17, 15) is 19.6 Å². The number of Topliss-reactive ketones (excluding diaryl/α,β-unsaturated/α-hetero) is 1. The number of carbonyl (C=O) groups excluding carboxylic acids is 3. The molecule has 0 unspecified atom stereocenters. The fourth-order valence-electron chi connectivity index (χ4n) is 5.88. The van der Waals surface area contributed by atoms with Gasteiger partial charge in [0, 0.05) is 50.4 Å². The van der Waals surface area contributed by atoms with E-state index in [2.05, 4.69) is 16.4 Å². The van der Waals surface area contributed by atoms with Crippen molar-refractivity contribution >= 4 is 17.6 Å². The first-order chi connectivity index (χ1) is 21.8. The van der Waals surface area contributed by atoms with E-state index in [0.717, 1.165) is 5.56 Å². The van der Waals surface area contributed by atoms with Crippen LogP contribution < -0.4 is 14.8 Å². The number of hydrogen-bond acceptors (Lipinski definition) is 8. The number of pyridine rings is 1. The fraction of sp³-hybridized carbons (Fsp3) is 0.382. The average molecular weight is 614 g/mol. The second kappa shape index (κ2) is 14.3. The molecule has 0 spiro atoms. The topological polar surface area (TPSA) is 125 Å². The van der Waals surface area contributed by atoms with Crippen molar-refractivity contribution in [2.75, 3.05) is 40.4 Å². The summed E-state index contributed by atoms with van der Waals surface area (Å²) in [7, 11) is 3.08. The highest BCUT2D eigenvalue weighted by molar-refractivity contribution is 5.99. The predicted octanol–water partition coefficient (Wildman–Crippen LogP) is 4.05. The highest BCUT2D eigenvalue weighted by Crippen LogP contribution is 2.25. The van der Waals surface area contributed by atoms with Crippen LogP contribution in [-0.4, -0.2) is 85.0 Å². The van der Waals surface area contributed by atoms with Gasteiger partial charge in [0.1, 0.15) is 29.4 Å². The normalized spacial score (nSPS) is 18.9. The Balaban J connectivity index is 1.09. The van der Waals surface area contributed by atoms with Gasteiger partial charge < -0.3 is 19.7 Å². The summed E-state index contributed by atoms with van der Waals surface area (Å²) < 4.78 is 25.4. The van der Waals surface area contributed by atoms with Gasteiger partial charge in [0.25, 0.3) is 11.8 Å². The number of nitrogens with zero attached hydrogens (tertiary/aromatic N) is 4. The van der Waals surface area contributed by atoms with Crippen molar-refractivity contribution in [3.8, 4) is 17.6 Å². The van der Waals surface area contributed by atoms with Gasteiger partial charge >= 0.3 is 0 Å². The van der Waals surface area contributed by atoms with Gasteiger partial charge in [0.05, 0.1) is 31.4 Å². The number of carbonyl (C=O) groups is 3. The third-order valence-corrected chi connectivity index (χ3v) is 8.50. The van der Waals surface area contributed by atoms with Crippen molar-refractivity contribution in [3.05, 3.63) is 88.7 Å². The van der Waals surface area contributed by atoms with Crippen LogP contribution in [0.3, 0.4) is 0 Å². The maximum atomic E-state index is 15.1. The van der Waals surface area contributed by atoms with Gasteiger partial charge in [-0.25, -0.2) is 4.39 Å². The van der Waals surface area contributed by atoms with Gasteiger partial charge in [0.15, 0.2) is 5.78 Å². The molecular formula is C34H36FN5O5. The Bertz CT molecular complexity index is 1570. The Kier molecular flexibility index (Phi) is 10.0. The number of methoxy groups -OCH3 is 2. The number of ketones is 1. The summed E-state index contributed by atoms with van der Waals surface area (Å²) in [4.78, 5) is 46.7. The molecule has 2 fully saturated rings. The number of likely N-dealkylation sites (tertiary alicyclic amines) is 2. The number of piperidine rings is 2. The van der Waals surface area contributed by atoms with Gasteiger partial charge in [-0.15, -0.1) is 0 Å². The maximum Gasteiger partial charge on any atom is 0.272 e. The van der Waals surface area contributed by atoms with Crippen molar-refractivity contribution < 1.29 is 28.2 Å². The van der Waals surface area contributed by atoms with Gasteiger partial charge in [0.2, 0.25) is 0 Å². The molecule has 2 saturated heterocycles. The average Bonchev–Trinajstić information content (AvgIpc) is 3.09. The van der Waals surface area contributed by atoms with Crippen LogP contribution in [0.25, 0.3) is 0 Å². The molecule has 10 nitrogen and oxygen atoms in total. The summed E-state index contributed by atoms with van der Waals surface area (Å²) in [6.45, 7) is 2.07. The molecule has 0 aliphatic carbocycles. The molecule has 0 radical (unpaired) electrons. The van der Waals surface area contributed by atoms with Crippen LogP contribution in [0.15, 0.2) is 60.8 Å². The van der Waals surface area contributed by atoms with Crippen LogP contribution in [-0.2, 0) is 6.54 Å². The van der Waals surface area contributed by atoms with Crippen molar-refractivity contribution in [2.45, 2.75) is 38.0 Å². The van der Waals surface area contributed by atoms with E-state index in [4.69, 9.17) is 9.47 Å². The zero-order valence-corrected chi connectivity index (χ0v) is 25.4. The number of alkyl halides is 1. The Labute approximate surface area is 261 Å². The smallest absolute Gasteiger partial charge is 0.272 e. The molecule has 234 valence electrons. The molecule has 5 rings (SSSR count). The van der Waals surface area contributed by atoms with Crippen LogP contribution in [0, 0.1) is 17.2 Å². The molecule has 3 aromatic rings. The quantitative estimate of drug-likeness (QED) is 0.359. The molecule has 2 amide bonds. The van der Waals surface area contributed by atoms with E-state index in [1.807, 2.05) is 11.0 Å². The number of halogens is 1. The highest BCUT2D eigenvalue weighted by Gasteiger charge is 2.32. The summed E-state index contributed by atoms with van der Waals surface area (Å²) in [5.74, 6) is 0.379. The number of nitrogens with one attached hydrogen (secondary N) is 1. The Morgan fingerprint density at radius 3 is 2.33 bits per heavy atom. The summed E-state index contributed by atoms with van der Waals surface area (Å²) >= 11 is 0. The molecule has 45 heavy (non-hydrogen) atoms. The SMILES string of the molecule is COc1ccc(C(=O)C2CCN(C(=O)c3ccc(C(=O)N[C@@H]4CCN(Cc5ccc(OC)c(C#N)c5)C[C@H]4F)cn3)CC2)cc1. The number of benzene rings is 2. The summed E-state index contributed by atoms with van der Waals surface area (Å²) in [5, 5.41) is 12.1. The molecule has 1 N–H and O–H groups in total. The molecule has 2 aliphatic heterocycles. The first-order valence-electron chi connectivity index (χ1n) is 15.0. The standard InChI is InChI=1S/C34H36FN5O5/c1-44-27-7-4-23(5-8-27)32(41)24-11-15-40(16-12-24)34(43)30-9-6-25(19-37-30)33(42)38-29-13-14-39(21-28(29)35)20-22-3-10-31(45-2)26(17-22)18-36/h3-10,17,19,24,28-29H,11-16,20-21H2,1-2H3,(H,38,42)/t28-,29-/m1/s1. The first kappa shape index (κ1) is 31.6. The summed E-state index contributed by atoms with van der Waals surface area (Å²) in [6.07, 6.45) is 1.60. The van der Waals surface area contributed by atoms with Gasteiger partial charge in [-0.3, -0.25) is 24.3 Å². The largest absolute Gasteiger partial charge is 0.497 e. The lowest BCUT2D eigenvalue weighted by Crippen LogP contribution is -2.52. The van der Waals surface area contributed by atoms with Crippen LogP contribution >= 0.6 is 0 Å². The van der Waals surface area contributed by atoms with E-state index < -0.39 is 18.1 Å². The minimum atomic E-state index is -1.27. The monoisotopic (exact) mass is 613 g/mol. The van der Waals surface area contributed by atoms with E-state index >= 15 is 4.39 Å². The zero-order chi connectivity index (χ0) is 31.9. The number of hydrogen-bond donors (Lipinski definition) is 1. The Morgan fingerprint density at radius 1 is 0.978 bits per heavy atom. The number of rotatable bonds is 9. The summed E-state index contributed by atoms with van der Waals surface area (Å²) in [5.41, 5.74) is 2.39. The molecule has 2 atom stereocenters. The predicted molar refractivity (Wildman–Crippen MR) is 164 cm³/mol. The van der Waals surface area contributed by atoms with Crippen molar-refractivity contribution in [2.24, 2.45) is 5.92 Å². The molecule has 11 heteroatoms. The Morgan fingerprint density at radius 2 is 1.71 bits per heavy atom. The van der Waals surface area contributed by atoms with Crippen LogP contribution in [0.1, 0.15) is 61.6 Å². The van der Waals surface area contributed by atoms with Crippen molar-refractivity contribution in [1.29, 1.82) is 5.26 Å². The zero-order valence-electron chi connectivity index (χ0n) is 25.4. The van der Waals surface area contributed by atoms with E-state index in [1.54, 1.807) is 48.4 Å². The van der Waals surface area contributed by atoms with Gasteiger partial charge in [-0.1, -0.05) is 6.07 Å². The minimum absolute atomic E-state index is 0.0610. The van der Waals surface area contributed by atoms with Crippen LogP contribution in [0.2, 0.25) is 0 Å². The third-order valence-electron chi connectivity index (χ3n) is 8.50. The maximum absolute atomic E-state index is 15.1. The number of aromatic nitrogens is 1. The number of nitriles is 1. The first-order valence-corrected chi connectivity index (χ1v) is 15.0. The number of amides is 2. The summed E-state index contributed by atoms with van der Waals surface area (Å²) in [6, 6.07) is 16.9. The molecule has 0 saturated carbocycles. The lowest BCUT2D eigenvalue weighted by molar-refractivity contribution is 0.0645. The molecule has 2 aromatic carbocycles. The van der Waals surface area contributed by atoms with E-state index in [-0.39, 0.29) is 35.4 Å². The van der Waals surface area contributed by atoms with Crippen molar-refractivity contribution in [3.63, 3.8) is 0 Å². The van der Waals surface area contributed by atoms with Crippen molar-refractivity contribution in [1.82, 2.24) is 20.1 Å². The second-order valence-corrected chi connectivity index (χ2v) is 11.4. The van der Waals surface area contributed by atoms with E-state index in [1.165, 1.54) is 25.4 Å². The van der Waals surface area contributed by atoms with Gasteiger partial charge in [-0.2, -0.15) is 5.26 Å². The second-order valence-electron chi connectivity index (χ2n) is 11.4. The highest BCUT2D eigenvalue weighted by atomic mass is 19.1. The Hall–Kier alpha value is -4.82. The fourth-order valence-corrected chi connectivity index (χ4v) is 5.88. The molecule has 0 bridgehead atoms. The molecule has 3 heterocycles. The molecular weight excluding hydrogens is 577 g/mol. The molecule has 2 aliphatic rings. The van der Waals surface area contributed by atoms with E-state index in [0.29, 0.717) is 68.1 Å². The number of ether oxygens (including phenoxy) is 2. The minimum Gasteiger partial charge on any atom is -0.497 e.